The van der Waals surface area contributed by atoms with Gasteiger partial charge in [0.05, 0.1) is 13.1 Å². The monoisotopic (exact) mass is 436 g/mol. The topological polar surface area (TPSA) is 84.2 Å². The Morgan fingerprint density at radius 2 is 1.79 bits per heavy atom. The lowest BCUT2D eigenvalue weighted by Crippen LogP contribution is -2.56. The normalized spacial score (nSPS) is 13.8. The number of likely N-dealkylation sites (tertiary alicyclic amines) is 1. The summed E-state index contributed by atoms with van der Waals surface area (Å²) in [5, 5.41) is 5.02. The summed E-state index contributed by atoms with van der Waals surface area (Å²) in [4.78, 5) is 22.4. The van der Waals surface area contributed by atoms with E-state index in [0.29, 0.717) is 36.1 Å². The molecule has 1 amide bonds. The first kappa shape index (κ1) is 19.3. The maximum Gasteiger partial charge on any atom is 0.258 e. The first-order valence-corrected chi connectivity index (χ1v) is 10.8. The van der Waals surface area contributed by atoms with Gasteiger partial charge in [0, 0.05) is 33.8 Å². The van der Waals surface area contributed by atoms with Gasteiger partial charge < -0.3 is 19.1 Å². The lowest BCUT2D eigenvalue weighted by Gasteiger charge is -2.39. The van der Waals surface area contributed by atoms with E-state index in [1.54, 1.807) is 4.90 Å². The van der Waals surface area contributed by atoms with E-state index < -0.39 is 0 Å². The molecule has 3 aromatic carbocycles. The summed E-state index contributed by atoms with van der Waals surface area (Å²) >= 11 is 0. The Bertz CT molecular complexity index is 1430. The minimum absolute atomic E-state index is 0.0214. The Morgan fingerprint density at radius 3 is 2.67 bits per heavy atom. The van der Waals surface area contributed by atoms with Crippen molar-refractivity contribution in [2.45, 2.75) is 6.10 Å². The van der Waals surface area contributed by atoms with Crippen LogP contribution in [0.1, 0.15) is 10.4 Å². The second-order valence-corrected chi connectivity index (χ2v) is 8.01. The predicted molar refractivity (Wildman–Crippen MR) is 124 cm³/mol. The predicted octanol–water partition coefficient (Wildman–Crippen LogP) is 4.79. The minimum atomic E-state index is -0.0582. The van der Waals surface area contributed by atoms with Crippen LogP contribution in [0.25, 0.3) is 33.7 Å². The Balaban J connectivity index is 1.12. The molecule has 7 heteroatoms. The molecule has 6 rings (SSSR count). The first-order chi connectivity index (χ1) is 16.2. The van der Waals surface area contributed by atoms with Crippen molar-refractivity contribution < 1.29 is 14.1 Å². The van der Waals surface area contributed by atoms with E-state index in [-0.39, 0.29) is 12.0 Å². The zero-order chi connectivity index (χ0) is 22.2. The van der Waals surface area contributed by atoms with Crippen molar-refractivity contribution in [3.63, 3.8) is 0 Å². The number of carbonyl (C=O) groups excluding carboxylic acids is 1. The molecule has 0 atom stereocenters. The van der Waals surface area contributed by atoms with Crippen LogP contribution >= 0.6 is 0 Å². The van der Waals surface area contributed by atoms with Crippen LogP contribution in [0.3, 0.4) is 0 Å². The number of nitrogens with zero attached hydrogens (tertiary/aromatic N) is 3. The van der Waals surface area contributed by atoms with Gasteiger partial charge in [-0.3, -0.25) is 4.79 Å². The lowest BCUT2D eigenvalue weighted by atomic mass is 10.1. The molecule has 1 fully saturated rings. The molecule has 1 N–H and O–H groups in total. The molecule has 0 bridgehead atoms. The van der Waals surface area contributed by atoms with E-state index >= 15 is 0 Å². The second-order valence-electron chi connectivity index (χ2n) is 8.01. The van der Waals surface area contributed by atoms with Gasteiger partial charge >= 0.3 is 0 Å². The summed E-state index contributed by atoms with van der Waals surface area (Å²) in [5.74, 6) is 1.71. The summed E-state index contributed by atoms with van der Waals surface area (Å²) in [6, 6.07) is 24.9. The number of aromatic amines is 1. The van der Waals surface area contributed by atoms with E-state index in [1.165, 1.54) is 0 Å². The molecule has 2 aromatic heterocycles. The van der Waals surface area contributed by atoms with Crippen LogP contribution in [-0.4, -0.2) is 45.1 Å². The van der Waals surface area contributed by atoms with Crippen LogP contribution in [0.4, 0.5) is 0 Å². The van der Waals surface area contributed by atoms with Crippen LogP contribution in [0, 0.1) is 0 Å². The molecule has 7 nitrogen and oxygen atoms in total. The molecule has 1 saturated heterocycles. The zero-order valence-electron chi connectivity index (χ0n) is 17.6. The SMILES string of the molecule is O=C(c1cccc2[nH]ccc12)N1CC(Oc2cccc(-c3nc(-c4ccccc4)no3)c2)C1. The number of fused-ring (bicyclic) bond motifs is 1. The number of H-pyrrole nitrogens is 1. The maximum absolute atomic E-state index is 12.9. The highest BCUT2D eigenvalue weighted by Gasteiger charge is 2.33. The molecule has 0 saturated carbocycles. The van der Waals surface area contributed by atoms with Gasteiger partial charge in [-0.1, -0.05) is 47.6 Å². The van der Waals surface area contributed by atoms with Crippen molar-refractivity contribution in [1.29, 1.82) is 0 Å². The minimum Gasteiger partial charge on any atom is -0.487 e. The van der Waals surface area contributed by atoms with Crippen LogP contribution in [-0.2, 0) is 0 Å². The summed E-state index contributed by atoms with van der Waals surface area (Å²) in [6.07, 6.45) is 1.79. The van der Waals surface area contributed by atoms with E-state index in [9.17, 15) is 4.79 Å². The number of nitrogens with one attached hydrogen (secondary N) is 1. The number of carbonyl (C=O) groups is 1. The molecule has 0 radical (unpaired) electrons. The lowest BCUT2D eigenvalue weighted by molar-refractivity contribution is 0.0179. The van der Waals surface area contributed by atoms with Crippen LogP contribution in [0.2, 0.25) is 0 Å². The maximum atomic E-state index is 12.9. The van der Waals surface area contributed by atoms with Gasteiger partial charge in [0.15, 0.2) is 0 Å². The Kier molecular flexibility index (Phi) is 4.65. The van der Waals surface area contributed by atoms with Crippen LogP contribution in [0.15, 0.2) is 89.6 Å². The highest BCUT2D eigenvalue weighted by Crippen LogP contribution is 2.28. The third-order valence-corrected chi connectivity index (χ3v) is 5.80. The van der Waals surface area contributed by atoms with Gasteiger partial charge in [-0.25, -0.2) is 0 Å². The molecule has 0 spiro atoms. The molecule has 1 aliphatic rings. The summed E-state index contributed by atoms with van der Waals surface area (Å²) in [7, 11) is 0. The molecule has 1 aliphatic heterocycles. The quantitative estimate of drug-likeness (QED) is 0.428. The van der Waals surface area contributed by atoms with Crippen molar-refractivity contribution in [3.8, 4) is 28.6 Å². The Morgan fingerprint density at radius 1 is 0.970 bits per heavy atom. The van der Waals surface area contributed by atoms with Gasteiger partial charge in [0.1, 0.15) is 11.9 Å². The molecule has 5 aromatic rings. The number of benzene rings is 3. The molecule has 33 heavy (non-hydrogen) atoms. The van der Waals surface area contributed by atoms with Gasteiger partial charge in [-0.15, -0.1) is 0 Å². The first-order valence-electron chi connectivity index (χ1n) is 10.8. The van der Waals surface area contributed by atoms with Crippen LogP contribution in [0.5, 0.6) is 5.75 Å². The number of hydrogen-bond donors (Lipinski definition) is 1. The molecular formula is C26H20N4O3. The van der Waals surface area contributed by atoms with Crippen molar-refractivity contribution in [1.82, 2.24) is 20.0 Å². The van der Waals surface area contributed by atoms with Crippen LogP contribution < -0.4 is 4.74 Å². The smallest absolute Gasteiger partial charge is 0.258 e. The van der Waals surface area contributed by atoms with E-state index in [4.69, 9.17) is 9.26 Å². The van der Waals surface area contributed by atoms with E-state index in [2.05, 4.69) is 15.1 Å². The highest BCUT2D eigenvalue weighted by molar-refractivity contribution is 6.06. The molecule has 3 heterocycles. The molecule has 162 valence electrons. The summed E-state index contributed by atoms with van der Waals surface area (Å²) in [6.45, 7) is 1.09. The molecule has 0 unspecified atom stereocenters. The third kappa shape index (κ3) is 3.63. The zero-order valence-corrected chi connectivity index (χ0v) is 17.6. The van der Waals surface area contributed by atoms with Crippen molar-refractivity contribution in [2.24, 2.45) is 0 Å². The Hall–Kier alpha value is -4.39. The standard InChI is InChI=1S/C26H20N4O3/c31-26(22-10-5-11-23-21(22)12-13-27-23)30-15-20(16-30)32-19-9-4-8-18(14-19)25-28-24(29-33-25)17-6-2-1-3-7-17/h1-14,20,27H,15-16H2. The molecule has 0 aliphatic carbocycles. The van der Waals surface area contributed by atoms with Crippen molar-refractivity contribution in [2.75, 3.05) is 13.1 Å². The number of rotatable bonds is 5. The molecular weight excluding hydrogens is 416 g/mol. The fourth-order valence-electron chi connectivity index (χ4n) is 4.06. The second kappa shape index (κ2) is 7.94. The van der Waals surface area contributed by atoms with E-state index in [0.717, 1.165) is 22.0 Å². The summed E-state index contributed by atoms with van der Waals surface area (Å²) < 4.78 is 11.6. The number of hydrogen-bond acceptors (Lipinski definition) is 5. The van der Waals surface area contributed by atoms with E-state index in [1.807, 2.05) is 85.1 Å². The average Bonchev–Trinajstić information content (AvgIpc) is 3.51. The van der Waals surface area contributed by atoms with Crippen molar-refractivity contribution in [3.05, 3.63) is 90.6 Å². The summed E-state index contributed by atoms with van der Waals surface area (Å²) in [5.41, 5.74) is 3.35. The number of aromatic nitrogens is 3. The highest BCUT2D eigenvalue weighted by atomic mass is 16.5. The van der Waals surface area contributed by atoms with Gasteiger partial charge in [0.2, 0.25) is 5.82 Å². The fraction of sp³-hybridized carbons (Fsp3) is 0.115. The third-order valence-electron chi connectivity index (χ3n) is 5.80. The van der Waals surface area contributed by atoms with Crippen molar-refractivity contribution >= 4 is 16.8 Å². The van der Waals surface area contributed by atoms with Gasteiger partial charge in [0.25, 0.3) is 11.8 Å². The fourth-order valence-corrected chi connectivity index (χ4v) is 4.06. The largest absolute Gasteiger partial charge is 0.487 e. The number of amides is 1. The average molecular weight is 436 g/mol. The van der Waals surface area contributed by atoms with Gasteiger partial charge in [-0.05, 0) is 36.4 Å². The van der Waals surface area contributed by atoms with Gasteiger partial charge in [-0.2, -0.15) is 4.98 Å². The number of ether oxygens (including phenoxy) is 1. The Labute approximate surface area is 189 Å².